The summed E-state index contributed by atoms with van der Waals surface area (Å²) < 4.78 is 16.8. The van der Waals surface area contributed by atoms with E-state index in [1.807, 2.05) is 30.3 Å². The van der Waals surface area contributed by atoms with Gasteiger partial charge in [0, 0.05) is 24.2 Å². The van der Waals surface area contributed by atoms with Crippen molar-refractivity contribution in [1.82, 2.24) is 0 Å². The minimum Gasteiger partial charge on any atom is -0.380 e. The second kappa shape index (κ2) is 7.15. The lowest BCUT2D eigenvalue weighted by Gasteiger charge is -2.03. The van der Waals surface area contributed by atoms with Crippen molar-refractivity contribution in [3.05, 3.63) is 29.8 Å². The third-order valence-electron chi connectivity index (χ3n) is 2.12. The van der Waals surface area contributed by atoms with Gasteiger partial charge in [0.25, 0.3) is 0 Å². The first-order chi connectivity index (χ1) is 7.77. The van der Waals surface area contributed by atoms with E-state index in [1.54, 1.807) is 7.11 Å². The van der Waals surface area contributed by atoms with E-state index in [0.717, 1.165) is 10.5 Å². The van der Waals surface area contributed by atoms with E-state index >= 15 is 0 Å². The average Bonchev–Trinajstić information content (AvgIpc) is 2.30. The maximum Gasteiger partial charge on any atom is 0.0713 e. The second-order valence-corrected chi connectivity index (χ2v) is 4.96. The highest BCUT2D eigenvalue weighted by atomic mass is 32.2. The molecule has 0 radical (unpaired) electrons. The van der Waals surface area contributed by atoms with Gasteiger partial charge >= 0.3 is 0 Å². The van der Waals surface area contributed by atoms with Gasteiger partial charge in [0.1, 0.15) is 0 Å². The van der Waals surface area contributed by atoms with Gasteiger partial charge < -0.3 is 4.74 Å². The van der Waals surface area contributed by atoms with E-state index in [-0.39, 0.29) is 0 Å². The second-order valence-electron chi connectivity index (χ2n) is 3.39. The Labute approximate surface area is 98.5 Å². The van der Waals surface area contributed by atoms with Crippen LogP contribution in [0.5, 0.6) is 0 Å². The van der Waals surface area contributed by atoms with Crippen LogP contribution < -0.4 is 0 Å². The van der Waals surface area contributed by atoms with Crippen LogP contribution in [0.3, 0.4) is 0 Å². The molecule has 0 bridgehead atoms. The standard InChI is InChI=1S/C12H15NO2S/c1-15-10-11-4-6-12(7-5-11)16(14)9-3-2-8-13/h4-7H,2-3,9-10H2,1H3. The van der Waals surface area contributed by atoms with Gasteiger partial charge in [-0.15, -0.1) is 0 Å². The molecule has 1 aromatic rings. The van der Waals surface area contributed by atoms with Crippen molar-refractivity contribution < 1.29 is 8.95 Å². The number of ether oxygens (including phenoxy) is 1. The first-order valence-corrected chi connectivity index (χ1v) is 6.43. The summed E-state index contributed by atoms with van der Waals surface area (Å²) >= 11 is 0. The lowest BCUT2D eigenvalue weighted by molar-refractivity contribution is 0.185. The lowest BCUT2D eigenvalue weighted by Crippen LogP contribution is -1.98. The molecule has 0 fully saturated rings. The number of benzene rings is 1. The van der Waals surface area contributed by atoms with Crippen LogP contribution in [-0.4, -0.2) is 17.1 Å². The zero-order valence-electron chi connectivity index (χ0n) is 9.31. The van der Waals surface area contributed by atoms with Crippen LogP contribution in [-0.2, 0) is 22.1 Å². The number of hydrogen-bond donors (Lipinski definition) is 0. The third kappa shape index (κ3) is 4.13. The molecule has 0 amide bonds. The molecule has 0 heterocycles. The average molecular weight is 237 g/mol. The lowest BCUT2D eigenvalue weighted by atomic mass is 10.2. The summed E-state index contributed by atoms with van der Waals surface area (Å²) in [5, 5.41) is 8.38. The first-order valence-electron chi connectivity index (χ1n) is 5.11. The van der Waals surface area contributed by atoms with Crippen molar-refractivity contribution in [2.75, 3.05) is 12.9 Å². The van der Waals surface area contributed by atoms with Gasteiger partial charge in [0.05, 0.1) is 23.5 Å². The zero-order valence-corrected chi connectivity index (χ0v) is 10.1. The summed E-state index contributed by atoms with van der Waals surface area (Å²) in [6, 6.07) is 9.60. The van der Waals surface area contributed by atoms with Gasteiger partial charge in [0.15, 0.2) is 0 Å². The Bertz CT molecular complexity index is 381. The Morgan fingerprint density at radius 2 is 2.06 bits per heavy atom. The number of rotatable bonds is 6. The summed E-state index contributed by atoms with van der Waals surface area (Å²) in [4.78, 5) is 0.817. The van der Waals surface area contributed by atoms with Crippen molar-refractivity contribution in [2.24, 2.45) is 0 Å². The molecule has 1 rings (SSSR count). The molecule has 16 heavy (non-hydrogen) atoms. The summed E-state index contributed by atoms with van der Waals surface area (Å²) in [5.74, 6) is 0.553. The number of methoxy groups -OCH3 is 1. The Balaban J connectivity index is 2.53. The highest BCUT2D eigenvalue weighted by Gasteiger charge is 2.03. The number of unbranched alkanes of at least 4 members (excludes halogenated alkanes) is 1. The smallest absolute Gasteiger partial charge is 0.0713 e. The molecule has 0 N–H and O–H groups in total. The van der Waals surface area contributed by atoms with Crippen LogP contribution in [0.25, 0.3) is 0 Å². The fourth-order valence-corrected chi connectivity index (χ4v) is 2.39. The van der Waals surface area contributed by atoms with Gasteiger partial charge in [0.2, 0.25) is 0 Å². The molecule has 1 aromatic carbocycles. The van der Waals surface area contributed by atoms with Crippen molar-refractivity contribution in [2.45, 2.75) is 24.3 Å². The quantitative estimate of drug-likeness (QED) is 0.713. The summed E-state index contributed by atoms with van der Waals surface area (Å²) in [5.41, 5.74) is 1.07. The van der Waals surface area contributed by atoms with E-state index in [9.17, 15) is 4.21 Å². The molecule has 0 aromatic heterocycles. The summed E-state index contributed by atoms with van der Waals surface area (Å²) in [7, 11) is 0.658. The normalized spacial score (nSPS) is 12.0. The van der Waals surface area contributed by atoms with E-state index in [2.05, 4.69) is 0 Å². The molecule has 0 aliphatic rings. The van der Waals surface area contributed by atoms with Crippen molar-refractivity contribution >= 4 is 10.8 Å². The zero-order chi connectivity index (χ0) is 11.8. The van der Waals surface area contributed by atoms with E-state index in [1.165, 1.54) is 0 Å². The molecule has 0 spiro atoms. The van der Waals surface area contributed by atoms with E-state index in [0.29, 0.717) is 25.2 Å². The first kappa shape index (κ1) is 12.9. The van der Waals surface area contributed by atoms with Crippen LogP contribution in [0.15, 0.2) is 29.2 Å². The van der Waals surface area contributed by atoms with Crippen molar-refractivity contribution in [3.63, 3.8) is 0 Å². The maximum absolute atomic E-state index is 11.8. The van der Waals surface area contributed by atoms with Crippen LogP contribution in [0.1, 0.15) is 18.4 Å². The third-order valence-corrected chi connectivity index (χ3v) is 3.57. The molecule has 0 aliphatic carbocycles. The summed E-state index contributed by atoms with van der Waals surface area (Å²) in [6.07, 6.45) is 1.15. The molecule has 86 valence electrons. The number of nitriles is 1. The molecule has 0 saturated heterocycles. The predicted molar refractivity (Wildman–Crippen MR) is 63.3 cm³/mol. The molecule has 3 nitrogen and oxygen atoms in total. The predicted octanol–water partition coefficient (Wildman–Crippen LogP) is 2.24. The molecule has 1 atom stereocenters. The molecular weight excluding hydrogens is 222 g/mol. The topological polar surface area (TPSA) is 50.1 Å². The van der Waals surface area contributed by atoms with Gasteiger partial charge in [-0.05, 0) is 24.1 Å². The molecule has 4 heteroatoms. The Morgan fingerprint density at radius 1 is 1.38 bits per heavy atom. The highest BCUT2D eigenvalue weighted by Crippen LogP contribution is 2.11. The fourth-order valence-electron chi connectivity index (χ4n) is 1.30. The van der Waals surface area contributed by atoms with E-state index < -0.39 is 10.8 Å². The minimum atomic E-state index is -0.989. The Kier molecular flexibility index (Phi) is 5.76. The largest absolute Gasteiger partial charge is 0.380 e. The van der Waals surface area contributed by atoms with Crippen LogP contribution in [0, 0.1) is 11.3 Å². The molecule has 0 aliphatic heterocycles. The van der Waals surface area contributed by atoms with Gasteiger partial charge in [-0.3, -0.25) is 4.21 Å². The monoisotopic (exact) mass is 237 g/mol. The fraction of sp³-hybridized carbons (Fsp3) is 0.417. The number of nitrogens with zero attached hydrogens (tertiary/aromatic N) is 1. The molecular formula is C12H15NO2S. The van der Waals surface area contributed by atoms with Crippen LogP contribution in [0.2, 0.25) is 0 Å². The highest BCUT2D eigenvalue weighted by molar-refractivity contribution is 7.85. The molecule has 1 unspecified atom stereocenters. The Hall–Kier alpha value is -1.18. The van der Waals surface area contributed by atoms with Crippen molar-refractivity contribution in [1.29, 1.82) is 5.26 Å². The van der Waals surface area contributed by atoms with Crippen molar-refractivity contribution in [3.8, 4) is 6.07 Å². The van der Waals surface area contributed by atoms with Gasteiger partial charge in [-0.2, -0.15) is 5.26 Å². The minimum absolute atomic E-state index is 0.466. The van der Waals surface area contributed by atoms with Gasteiger partial charge in [-0.25, -0.2) is 0 Å². The van der Waals surface area contributed by atoms with Gasteiger partial charge in [-0.1, -0.05) is 12.1 Å². The Morgan fingerprint density at radius 3 is 2.62 bits per heavy atom. The van der Waals surface area contributed by atoms with Crippen LogP contribution in [0.4, 0.5) is 0 Å². The summed E-state index contributed by atoms with van der Waals surface area (Å²) in [6.45, 7) is 0.571. The molecule has 0 saturated carbocycles. The number of hydrogen-bond acceptors (Lipinski definition) is 3. The maximum atomic E-state index is 11.8. The SMILES string of the molecule is COCc1ccc(S(=O)CCCC#N)cc1. The van der Waals surface area contributed by atoms with Crippen LogP contribution >= 0.6 is 0 Å². The van der Waals surface area contributed by atoms with E-state index in [4.69, 9.17) is 10.00 Å².